The summed E-state index contributed by atoms with van der Waals surface area (Å²) in [5.41, 5.74) is 2.72. The Morgan fingerprint density at radius 3 is 2.57 bits per heavy atom. The van der Waals surface area contributed by atoms with E-state index in [1.165, 1.54) is 0 Å². The van der Waals surface area contributed by atoms with Gasteiger partial charge in [-0.2, -0.15) is 0 Å². The van der Waals surface area contributed by atoms with Crippen LogP contribution < -0.4 is 10.2 Å². The summed E-state index contributed by atoms with van der Waals surface area (Å²) in [4.78, 5) is 41.6. The third-order valence-electron chi connectivity index (χ3n) is 4.56. The first-order valence-electron chi connectivity index (χ1n) is 8.18. The molecule has 2 saturated heterocycles. The minimum Gasteiger partial charge on any atom is -0.369 e. The van der Waals surface area contributed by atoms with Crippen molar-refractivity contribution in [2.24, 2.45) is 0 Å². The van der Waals surface area contributed by atoms with Crippen molar-refractivity contribution in [3.8, 4) is 0 Å². The Bertz CT molecular complexity index is 646. The molecule has 3 rings (SSSR count). The van der Waals surface area contributed by atoms with E-state index in [0.29, 0.717) is 31.5 Å². The third-order valence-corrected chi connectivity index (χ3v) is 4.56. The monoisotopic (exact) mass is 315 g/mol. The highest BCUT2D eigenvalue weighted by atomic mass is 16.2. The van der Waals surface area contributed by atoms with Crippen molar-refractivity contribution < 1.29 is 14.4 Å². The van der Waals surface area contributed by atoms with Gasteiger partial charge in [0.25, 0.3) is 0 Å². The number of Topliss-reactive ketones (excluding diaryl/α,β-unsaturated/α-hetero) is 1. The Morgan fingerprint density at radius 2 is 1.91 bits per heavy atom. The number of hydrogen-bond donors (Lipinski definition) is 1. The lowest BCUT2D eigenvalue weighted by Crippen LogP contribution is -2.40. The van der Waals surface area contributed by atoms with E-state index in [-0.39, 0.29) is 17.7 Å². The topological polar surface area (TPSA) is 79.4 Å². The zero-order valence-corrected chi connectivity index (χ0v) is 13.3. The molecule has 1 N–H and O–H groups in total. The largest absolute Gasteiger partial charge is 0.369 e. The zero-order valence-electron chi connectivity index (χ0n) is 13.3. The second-order valence-corrected chi connectivity index (χ2v) is 6.08. The van der Waals surface area contributed by atoms with Crippen LogP contribution in [0.4, 0.5) is 5.69 Å². The van der Waals surface area contributed by atoms with Crippen LogP contribution in [0.25, 0.3) is 0 Å². The summed E-state index contributed by atoms with van der Waals surface area (Å²) in [7, 11) is 0. The highest BCUT2D eigenvalue weighted by Gasteiger charge is 2.29. The highest BCUT2D eigenvalue weighted by molar-refractivity contribution is 6.00. The van der Waals surface area contributed by atoms with E-state index in [9.17, 15) is 14.4 Å². The fourth-order valence-electron chi connectivity index (χ4n) is 3.23. The van der Waals surface area contributed by atoms with Crippen LogP contribution in [0.15, 0.2) is 12.1 Å². The summed E-state index contributed by atoms with van der Waals surface area (Å²) in [6, 6.07) is 3.88. The first-order valence-corrected chi connectivity index (χ1v) is 8.18. The van der Waals surface area contributed by atoms with Crippen molar-refractivity contribution in [1.29, 1.82) is 0 Å². The van der Waals surface area contributed by atoms with E-state index in [1.807, 2.05) is 19.1 Å². The van der Waals surface area contributed by atoms with Crippen molar-refractivity contribution in [2.75, 3.05) is 18.0 Å². The van der Waals surface area contributed by atoms with Crippen LogP contribution in [-0.4, -0.2) is 35.7 Å². The van der Waals surface area contributed by atoms with Crippen molar-refractivity contribution in [2.45, 2.75) is 44.9 Å². The molecule has 0 aliphatic carbocycles. The maximum atomic E-state index is 12.0. The molecule has 0 saturated carbocycles. The minimum atomic E-state index is -0.352. The van der Waals surface area contributed by atoms with Crippen LogP contribution in [0.5, 0.6) is 0 Å². The van der Waals surface area contributed by atoms with Crippen molar-refractivity contribution in [3.63, 3.8) is 0 Å². The normalized spacial score (nSPS) is 22.2. The molecule has 3 heterocycles. The molecule has 23 heavy (non-hydrogen) atoms. The molecule has 2 aliphatic heterocycles. The molecule has 6 nitrogen and oxygen atoms in total. The van der Waals surface area contributed by atoms with Gasteiger partial charge in [-0.1, -0.05) is 6.92 Å². The number of carbonyl (C=O) groups excluding carboxylic acids is 3. The van der Waals surface area contributed by atoms with Gasteiger partial charge in [0.05, 0.1) is 23.0 Å². The number of nitrogens with zero attached hydrogens (tertiary/aromatic N) is 2. The van der Waals surface area contributed by atoms with E-state index in [4.69, 9.17) is 0 Å². The highest BCUT2D eigenvalue weighted by Crippen LogP contribution is 2.28. The maximum Gasteiger partial charge on any atom is 0.235 e. The number of pyridine rings is 1. The fraction of sp³-hybridized carbons (Fsp3) is 0.529. The van der Waals surface area contributed by atoms with Crippen LogP contribution in [0, 0.1) is 0 Å². The van der Waals surface area contributed by atoms with E-state index >= 15 is 0 Å². The fourth-order valence-corrected chi connectivity index (χ4v) is 3.23. The number of piperidine rings is 2. The molecule has 6 heteroatoms. The van der Waals surface area contributed by atoms with Gasteiger partial charge < -0.3 is 4.90 Å². The SMILES string of the molecule is CCc1nc(C2CCC(=O)NC2=O)ccc1N1CCC(=O)CC1. The van der Waals surface area contributed by atoms with Gasteiger partial charge in [-0.05, 0) is 25.0 Å². The molecule has 2 fully saturated rings. The maximum absolute atomic E-state index is 12.0. The quantitative estimate of drug-likeness (QED) is 0.851. The number of ketones is 1. The Morgan fingerprint density at radius 1 is 1.17 bits per heavy atom. The number of anilines is 1. The molecule has 1 unspecified atom stereocenters. The molecule has 0 spiro atoms. The van der Waals surface area contributed by atoms with Gasteiger partial charge >= 0.3 is 0 Å². The average Bonchev–Trinajstić information content (AvgIpc) is 2.55. The van der Waals surface area contributed by atoms with E-state index in [2.05, 4.69) is 15.2 Å². The summed E-state index contributed by atoms with van der Waals surface area (Å²) in [6.45, 7) is 3.49. The summed E-state index contributed by atoms with van der Waals surface area (Å²) in [5, 5.41) is 2.38. The Labute approximate surface area is 135 Å². The van der Waals surface area contributed by atoms with Gasteiger partial charge in [0.15, 0.2) is 0 Å². The van der Waals surface area contributed by atoms with Gasteiger partial charge in [0.2, 0.25) is 11.8 Å². The molecular weight excluding hydrogens is 294 g/mol. The lowest BCUT2D eigenvalue weighted by atomic mass is 9.93. The standard InChI is InChI=1S/C17H21N3O3/c1-2-13-15(20-9-7-11(21)8-10-20)5-4-14(18-13)12-3-6-16(22)19-17(12)23/h4-5,12H,2-3,6-10H2,1H3,(H,19,22,23). The Kier molecular flexibility index (Phi) is 4.41. The average molecular weight is 315 g/mol. The molecular formula is C17H21N3O3. The Hall–Kier alpha value is -2.24. The molecule has 1 aromatic heterocycles. The van der Waals surface area contributed by atoms with Crippen LogP contribution >= 0.6 is 0 Å². The number of amides is 2. The molecule has 2 amide bonds. The number of imide groups is 1. The molecule has 0 radical (unpaired) electrons. The number of hydrogen-bond acceptors (Lipinski definition) is 5. The zero-order chi connectivity index (χ0) is 16.4. The van der Waals surface area contributed by atoms with Gasteiger partial charge in [-0.3, -0.25) is 24.7 Å². The van der Waals surface area contributed by atoms with Gasteiger partial charge in [0, 0.05) is 32.4 Å². The van der Waals surface area contributed by atoms with Gasteiger partial charge in [0.1, 0.15) is 5.78 Å². The number of nitrogens with one attached hydrogen (secondary N) is 1. The first-order chi connectivity index (χ1) is 11.1. The lowest BCUT2D eigenvalue weighted by Gasteiger charge is -2.30. The third kappa shape index (κ3) is 3.25. The molecule has 2 aliphatic rings. The summed E-state index contributed by atoms with van der Waals surface area (Å²) < 4.78 is 0. The number of aromatic nitrogens is 1. The second-order valence-electron chi connectivity index (χ2n) is 6.08. The predicted molar refractivity (Wildman–Crippen MR) is 85.2 cm³/mol. The summed E-state index contributed by atoms with van der Waals surface area (Å²) in [6.07, 6.45) is 2.80. The van der Waals surface area contributed by atoms with E-state index < -0.39 is 0 Å². The van der Waals surface area contributed by atoms with Gasteiger partial charge in [-0.15, -0.1) is 0 Å². The lowest BCUT2D eigenvalue weighted by molar-refractivity contribution is -0.134. The molecule has 122 valence electrons. The van der Waals surface area contributed by atoms with Gasteiger partial charge in [-0.25, -0.2) is 0 Å². The van der Waals surface area contributed by atoms with Crippen molar-refractivity contribution in [1.82, 2.24) is 10.3 Å². The van der Waals surface area contributed by atoms with Crippen molar-refractivity contribution >= 4 is 23.3 Å². The molecule has 0 bridgehead atoms. The van der Waals surface area contributed by atoms with E-state index in [0.717, 1.165) is 36.6 Å². The number of aryl methyl sites for hydroxylation is 1. The van der Waals surface area contributed by atoms with Crippen LogP contribution in [0.3, 0.4) is 0 Å². The second kappa shape index (κ2) is 6.48. The summed E-state index contributed by atoms with van der Waals surface area (Å²) in [5.74, 6) is -0.508. The predicted octanol–water partition coefficient (Wildman–Crippen LogP) is 1.33. The smallest absolute Gasteiger partial charge is 0.235 e. The van der Waals surface area contributed by atoms with E-state index in [1.54, 1.807) is 0 Å². The first kappa shape index (κ1) is 15.6. The minimum absolute atomic E-state index is 0.212. The molecule has 1 aromatic rings. The summed E-state index contributed by atoms with van der Waals surface area (Å²) >= 11 is 0. The van der Waals surface area contributed by atoms with Crippen molar-refractivity contribution in [3.05, 3.63) is 23.5 Å². The van der Waals surface area contributed by atoms with Crippen LogP contribution in [0.2, 0.25) is 0 Å². The Balaban J connectivity index is 1.83. The molecule has 0 aromatic carbocycles. The number of carbonyl (C=O) groups is 3. The molecule has 1 atom stereocenters. The van der Waals surface area contributed by atoms with Crippen LogP contribution in [0.1, 0.15) is 49.9 Å². The van der Waals surface area contributed by atoms with Crippen LogP contribution in [-0.2, 0) is 20.8 Å². The number of rotatable bonds is 3.